The lowest BCUT2D eigenvalue weighted by atomic mass is 10.1. The predicted octanol–water partition coefficient (Wildman–Crippen LogP) is 4.22. The van der Waals surface area contributed by atoms with Gasteiger partial charge in [-0.05, 0) is 51.0 Å². The fraction of sp³-hybridized carbons (Fsp3) is 0.211. The molecular weight excluding hydrogens is 302 g/mol. The van der Waals surface area contributed by atoms with Gasteiger partial charge in [0.15, 0.2) is 0 Å². The van der Waals surface area contributed by atoms with Crippen LogP contribution in [0, 0.1) is 27.7 Å². The number of hydrogen-bond acceptors (Lipinski definition) is 4. The second-order valence-electron chi connectivity index (χ2n) is 6.00. The van der Waals surface area contributed by atoms with Crippen LogP contribution in [0.4, 0.5) is 6.01 Å². The molecule has 1 amide bonds. The smallest absolute Gasteiger partial charge is 0.322 e. The van der Waals surface area contributed by atoms with Crippen LogP contribution in [0.1, 0.15) is 32.6 Å². The summed E-state index contributed by atoms with van der Waals surface area (Å²) >= 11 is 0. The summed E-state index contributed by atoms with van der Waals surface area (Å²) in [5.74, 6) is 0.139. The first-order valence-corrected chi connectivity index (χ1v) is 7.74. The molecule has 3 rings (SSSR count). The molecule has 1 aromatic heterocycles. The van der Waals surface area contributed by atoms with Crippen molar-refractivity contribution in [3.8, 4) is 11.5 Å². The van der Waals surface area contributed by atoms with Gasteiger partial charge in [0.25, 0.3) is 5.91 Å². The number of carbonyl (C=O) groups is 1. The van der Waals surface area contributed by atoms with E-state index in [9.17, 15) is 4.79 Å². The minimum atomic E-state index is -0.257. The number of rotatable bonds is 3. The lowest BCUT2D eigenvalue weighted by Gasteiger charge is -2.05. The predicted molar refractivity (Wildman–Crippen MR) is 93.1 cm³/mol. The van der Waals surface area contributed by atoms with E-state index < -0.39 is 0 Å². The summed E-state index contributed by atoms with van der Waals surface area (Å²) in [6.07, 6.45) is 0. The highest BCUT2D eigenvalue weighted by atomic mass is 16.4. The van der Waals surface area contributed by atoms with Crippen LogP contribution >= 0.6 is 0 Å². The zero-order chi connectivity index (χ0) is 17.3. The number of amides is 1. The van der Waals surface area contributed by atoms with E-state index in [0.29, 0.717) is 11.5 Å². The molecule has 0 unspecified atom stereocenters. The van der Waals surface area contributed by atoms with Crippen LogP contribution in [-0.4, -0.2) is 16.1 Å². The van der Waals surface area contributed by atoms with Crippen LogP contribution in [0.5, 0.6) is 0 Å². The second-order valence-corrected chi connectivity index (χ2v) is 6.00. The SMILES string of the molecule is Cc1ccc(C)c(C(=O)Nc2nnc(-c3cc(C)ccc3C)o2)c1. The first-order chi connectivity index (χ1) is 11.4. The molecule has 2 aromatic carbocycles. The van der Waals surface area contributed by atoms with E-state index >= 15 is 0 Å². The Hall–Kier alpha value is -2.95. The average Bonchev–Trinajstić information content (AvgIpc) is 3.00. The fourth-order valence-corrected chi connectivity index (χ4v) is 2.49. The summed E-state index contributed by atoms with van der Waals surface area (Å²) < 4.78 is 5.61. The van der Waals surface area contributed by atoms with E-state index in [4.69, 9.17) is 4.42 Å². The number of hydrogen-bond donors (Lipinski definition) is 1. The van der Waals surface area contributed by atoms with Crippen LogP contribution in [0.3, 0.4) is 0 Å². The van der Waals surface area contributed by atoms with Crippen molar-refractivity contribution in [2.24, 2.45) is 0 Å². The van der Waals surface area contributed by atoms with Crippen molar-refractivity contribution in [2.75, 3.05) is 5.32 Å². The number of benzene rings is 2. The first kappa shape index (κ1) is 15.9. The molecule has 24 heavy (non-hydrogen) atoms. The van der Waals surface area contributed by atoms with Gasteiger partial charge >= 0.3 is 6.01 Å². The molecule has 5 heteroatoms. The largest absolute Gasteiger partial charge is 0.403 e. The van der Waals surface area contributed by atoms with Gasteiger partial charge in [-0.3, -0.25) is 10.1 Å². The molecule has 0 saturated carbocycles. The summed E-state index contributed by atoms with van der Waals surface area (Å²) in [4.78, 5) is 12.4. The van der Waals surface area contributed by atoms with Gasteiger partial charge < -0.3 is 4.42 Å². The Morgan fingerprint density at radius 1 is 0.917 bits per heavy atom. The van der Waals surface area contributed by atoms with Gasteiger partial charge in [0, 0.05) is 11.1 Å². The molecule has 0 aliphatic heterocycles. The summed E-state index contributed by atoms with van der Waals surface area (Å²) in [6.45, 7) is 7.82. The highest BCUT2D eigenvalue weighted by Crippen LogP contribution is 2.25. The lowest BCUT2D eigenvalue weighted by Crippen LogP contribution is -2.13. The monoisotopic (exact) mass is 321 g/mol. The summed E-state index contributed by atoms with van der Waals surface area (Å²) in [6, 6.07) is 11.8. The van der Waals surface area contributed by atoms with Crippen LogP contribution in [-0.2, 0) is 0 Å². The van der Waals surface area contributed by atoms with Crippen molar-refractivity contribution in [1.29, 1.82) is 0 Å². The topological polar surface area (TPSA) is 68.0 Å². The molecule has 122 valence electrons. The van der Waals surface area contributed by atoms with E-state index in [-0.39, 0.29) is 11.9 Å². The Kier molecular flexibility index (Phi) is 4.16. The Morgan fingerprint density at radius 2 is 1.58 bits per heavy atom. The average molecular weight is 321 g/mol. The summed E-state index contributed by atoms with van der Waals surface area (Å²) in [5, 5.41) is 10.6. The van der Waals surface area contributed by atoms with Crippen molar-refractivity contribution in [3.63, 3.8) is 0 Å². The zero-order valence-corrected chi connectivity index (χ0v) is 14.2. The van der Waals surface area contributed by atoms with Gasteiger partial charge in [-0.25, -0.2) is 0 Å². The van der Waals surface area contributed by atoms with Crippen molar-refractivity contribution in [3.05, 3.63) is 64.2 Å². The van der Waals surface area contributed by atoms with Gasteiger partial charge in [0.1, 0.15) is 0 Å². The maximum atomic E-state index is 12.4. The van der Waals surface area contributed by atoms with E-state index in [2.05, 4.69) is 15.5 Å². The molecule has 0 saturated heterocycles. The molecule has 3 aromatic rings. The first-order valence-electron chi connectivity index (χ1n) is 7.74. The summed E-state index contributed by atoms with van der Waals surface area (Å²) in [5.41, 5.74) is 5.53. The molecule has 0 spiro atoms. The van der Waals surface area contributed by atoms with Gasteiger partial charge in [-0.1, -0.05) is 40.5 Å². The van der Waals surface area contributed by atoms with Crippen molar-refractivity contribution in [1.82, 2.24) is 10.2 Å². The number of anilines is 1. The molecule has 0 fully saturated rings. The quantitative estimate of drug-likeness (QED) is 0.784. The van der Waals surface area contributed by atoms with Gasteiger partial charge in [-0.2, -0.15) is 0 Å². The molecule has 5 nitrogen and oxygen atoms in total. The molecule has 1 heterocycles. The van der Waals surface area contributed by atoms with Crippen molar-refractivity contribution >= 4 is 11.9 Å². The van der Waals surface area contributed by atoms with E-state index in [1.807, 2.05) is 64.1 Å². The molecule has 0 atom stereocenters. The number of aromatic nitrogens is 2. The Bertz CT molecular complexity index is 913. The maximum absolute atomic E-state index is 12.4. The van der Waals surface area contributed by atoms with E-state index in [0.717, 1.165) is 27.8 Å². The Morgan fingerprint density at radius 3 is 2.33 bits per heavy atom. The minimum absolute atomic E-state index is 0.0943. The third kappa shape index (κ3) is 3.20. The maximum Gasteiger partial charge on any atom is 0.322 e. The van der Waals surface area contributed by atoms with Crippen LogP contribution in [0.25, 0.3) is 11.5 Å². The number of aryl methyl sites for hydroxylation is 4. The van der Waals surface area contributed by atoms with Crippen molar-refractivity contribution < 1.29 is 9.21 Å². The Balaban J connectivity index is 1.85. The number of nitrogens with one attached hydrogen (secondary N) is 1. The second kappa shape index (κ2) is 6.28. The molecule has 0 bridgehead atoms. The van der Waals surface area contributed by atoms with E-state index in [1.54, 1.807) is 0 Å². The van der Waals surface area contributed by atoms with Gasteiger partial charge in [0.2, 0.25) is 5.89 Å². The fourth-order valence-electron chi connectivity index (χ4n) is 2.49. The third-order valence-corrected chi connectivity index (χ3v) is 3.91. The normalized spacial score (nSPS) is 10.7. The van der Waals surface area contributed by atoms with Crippen LogP contribution in [0.2, 0.25) is 0 Å². The molecule has 1 N–H and O–H groups in total. The molecular formula is C19H19N3O2. The summed E-state index contributed by atoms with van der Waals surface area (Å²) in [7, 11) is 0. The van der Waals surface area contributed by atoms with Gasteiger partial charge in [-0.15, -0.1) is 5.10 Å². The number of nitrogens with zero attached hydrogens (tertiary/aromatic N) is 2. The third-order valence-electron chi connectivity index (χ3n) is 3.91. The Labute approximate surface area is 140 Å². The number of carbonyl (C=O) groups excluding carboxylic acids is 1. The lowest BCUT2D eigenvalue weighted by molar-refractivity contribution is 0.102. The van der Waals surface area contributed by atoms with Gasteiger partial charge in [0.05, 0.1) is 0 Å². The molecule has 0 radical (unpaired) electrons. The highest BCUT2D eigenvalue weighted by molar-refractivity contribution is 6.04. The molecule has 0 aliphatic rings. The standard InChI is InChI=1S/C19H19N3O2/c1-11-5-7-13(3)15(9-11)17(23)20-19-22-21-18(24-19)16-10-12(2)6-8-14(16)4/h5-10H,1-4H3,(H,20,22,23). The van der Waals surface area contributed by atoms with Crippen LogP contribution < -0.4 is 5.32 Å². The highest BCUT2D eigenvalue weighted by Gasteiger charge is 2.15. The zero-order valence-electron chi connectivity index (χ0n) is 14.2. The van der Waals surface area contributed by atoms with Crippen LogP contribution in [0.15, 0.2) is 40.8 Å². The van der Waals surface area contributed by atoms with E-state index in [1.165, 1.54) is 0 Å². The minimum Gasteiger partial charge on any atom is -0.403 e. The molecule has 0 aliphatic carbocycles. The van der Waals surface area contributed by atoms with Crippen molar-refractivity contribution in [2.45, 2.75) is 27.7 Å².